The average Bonchev–Trinajstić information content (AvgIpc) is 2.53. The molecule has 0 amide bonds. The zero-order valence-electron chi connectivity index (χ0n) is 11.5. The maximum atomic E-state index is 10.8. The van der Waals surface area contributed by atoms with Crippen molar-refractivity contribution in [2.45, 2.75) is 26.0 Å². The fourth-order valence-corrected chi connectivity index (χ4v) is 1.86. The first kappa shape index (κ1) is 14.2. The Kier molecular flexibility index (Phi) is 4.85. The molecule has 0 radical (unpaired) electrons. The van der Waals surface area contributed by atoms with Gasteiger partial charge in [-0.3, -0.25) is 4.79 Å². The van der Waals surface area contributed by atoms with Gasteiger partial charge in [0.2, 0.25) is 0 Å². The highest BCUT2D eigenvalue weighted by Gasteiger charge is 2.13. The minimum Gasteiger partial charge on any atom is -0.487 e. The summed E-state index contributed by atoms with van der Waals surface area (Å²) in [5.41, 5.74) is 8.11. The molecule has 4 nitrogen and oxygen atoms in total. The number of rotatable bonds is 6. The highest BCUT2D eigenvalue weighted by molar-refractivity contribution is 5.72. The third kappa shape index (κ3) is 3.42. The summed E-state index contributed by atoms with van der Waals surface area (Å²) in [6, 6.07) is 13.0. The summed E-state index contributed by atoms with van der Waals surface area (Å²) >= 11 is 0. The molecule has 0 aliphatic carbocycles. The molecule has 0 aliphatic rings. The van der Waals surface area contributed by atoms with Crippen LogP contribution in [0.3, 0.4) is 0 Å². The Bertz CT molecular complexity index is 570. The average molecular weight is 270 g/mol. The van der Waals surface area contributed by atoms with Crippen LogP contribution in [0.15, 0.2) is 42.5 Å². The van der Waals surface area contributed by atoms with Crippen LogP contribution in [-0.2, 0) is 6.61 Å². The number of hydrogen-bond donors (Lipinski definition) is 1. The van der Waals surface area contributed by atoms with E-state index in [1.807, 2.05) is 37.3 Å². The van der Waals surface area contributed by atoms with E-state index in [4.69, 9.17) is 10.5 Å². The van der Waals surface area contributed by atoms with Gasteiger partial charge in [-0.25, -0.2) is 4.98 Å². The number of carbonyl (C=O) groups excluding carboxylic acids is 1. The predicted octanol–water partition coefficient (Wildman–Crippen LogP) is 2.88. The van der Waals surface area contributed by atoms with Gasteiger partial charge in [-0.2, -0.15) is 0 Å². The molecule has 1 atom stereocenters. The van der Waals surface area contributed by atoms with E-state index in [1.165, 1.54) is 0 Å². The minimum atomic E-state index is -0.235. The molecule has 1 aromatic heterocycles. The third-order valence-electron chi connectivity index (χ3n) is 3.06. The molecule has 2 aromatic rings. The summed E-state index contributed by atoms with van der Waals surface area (Å²) < 4.78 is 5.79. The van der Waals surface area contributed by atoms with E-state index in [-0.39, 0.29) is 6.04 Å². The van der Waals surface area contributed by atoms with Gasteiger partial charge in [0, 0.05) is 0 Å². The van der Waals surface area contributed by atoms with Gasteiger partial charge in [0.05, 0.1) is 11.7 Å². The first-order valence-corrected chi connectivity index (χ1v) is 6.63. The lowest BCUT2D eigenvalue weighted by Gasteiger charge is -2.15. The Morgan fingerprint density at radius 1 is 1.25 bits per heavy atom. The lowest BCUT2D eigenvalue weighted by Crippen LogP contribution is -2.14. The van der Waals surface area contributed by atoms with Crippen LogP contribution in [-0.4, -0.2) is 11.3 Å². The van der Waals surface area contributed by atoms with Crippen molar-refractivity contribution >= 4 is 6.29 Å². The number of aromatic nitrogens is 1. The molecule has 0 fully saturated rings. The number of aldehydes is 1. The third-order valence-corrected chi connectivity index (χ3v) is 3.06. The summed E-state index contributed by atoms with van der Waals surface area (Å²) in [4.78, 5) is 15.1. The SMILES string of the molecule is CC[C@@H](N)c1nc(C=O)ccc1OCc1ccccc1. The van der Waals surface area contributed by atoms with E-state index in [0.29, 0.717) is 30.0 Å². The lowest BCUT2D eigenvalue weighted by atomic mass is 10.1. The summed E-state index contributed by atoms with van der Waals surface area (Å²) in [5.74, 6) is 0.633. The van der Waals surface area contributed by atoms with Crippen LogP contribution in [0.25, 0.3) is 0 Å². The van der Waals surface area contributed by atoms with Crippen molar-refractivity contribution in [3.05, 3.63) is 59.4 Å². The second-order valence-corrected chi connectivity index (χ2v) is 4.53. The van der Waals surface area contributed by atoms with Gasteiger partial charge in [-0.05, 0) is 24.1 Å². The molecule has 0 saturated carbocycles. The quantitative estimate of drug-likeness (QED) is 0.820. The van der Waals surface area contributed by atoms with Crippen LogP contribution in [0, 0.1) is 0 Å². The molecule has 0 saturated heterocycles. The normalized spacial score (nSPS) is 11.9. The van der Waals surface area contributed by atoms with Crippen LogP contribution in [0.4, 0.5) is 0 Å². The zero-order valence-corrected chi connectivity index (χ0v) is 11.5. The van der Waals surface area contributed by atoms with Gasteiger partial charge in [0.1, 0.15) is 18.1 Å². The Balaban J connectivity index is 2.20. The number of ether oxygens (including phenoxy) is 1. The van der Waals surface area contributed by atoms with Crippen molar-refractivity contribution in [1.29, 1.82) is 0 Å². The fraction of sp³-hybridized carbons (Fsp3) is 0.250. The molecule has 2 rings (SSSR count). The molecule has 2 N–H and O–H groups in total. The summed E-state index contributed by atoms with van der Waals surface area (Å²) in [5, 5.41) is 0. The molecule has 1 aromatic carbocycles. The van der Waals surface area contributed by atoms with Crippen LogP contribution < -0.4 is 10.5 Å². The van der Waals surface area contributed by atoms with Gasteiger partial charge in [0.25, 0.3) is 0 Å². The number of benzene rings is 1. The predicted molar refractivity (Wildman–Crippen MR) is 77.6 cm³/mol. The zero-order chi connectivity index (χ0) is 14.4. The summed E-state index contributed by atoms with van der Waals surface area (Å²) in [7, 11) is 0. The number of hydrogen-bond acceptors (Lipinski definition) is 4. The molecule has 104 valence electrons. The van der Waals surface area contributed by atoms with E-state index < -0.39 is 0 Å². The van der Waals surface area contributed by atoms with Gasteiger partial charge in [0.15, 0.2) is 6.29 Å². The summed E-state index contributed by atoms with van der Waals surface area (Å²) in [6.45, 7) is 2.42. The van der Waals surface area contributed by atoms with Crippen molar-refractivity contribution < 1.29 is 9.53 Å². The second kappa shape index (κ2) is 6.82. The maximum Gasteiger partial charge on any atom is 0.168 e. The number of nitrogens with zero attached hydrogens (tertiary/aromatic N) is 1. The monoisotopic (exact) mass is 270 g/mol. The molecule has 0 spiro atoms. The molecule has 4 heteroatoms. The molecule has 20 heavy (non-hydrogen) atoms. The topological polar surface area (TPSA) is 65.2 Å². The molecular formula is C16H18N2O2. The molecule has 0 unspecified atom stereocenters. The van der Waals surface area contributed by atoms with Crippen molar-refractivity contribution in [3.63, 3.8) is 0 Å². The standard InChI is InChI=1S/C16H18N2O2/c1-2-14(17)16-15(9-8-13(10-19)18-16)20-11-12-6-4-3-5-7-12/h3-10,14H,2,11,17H2,1H3/t14-/m1/s1. The number of pyridine rings is 1. The van der Waals surface area contributed by atoms with Gasteiger partial charge in [-0.15, -0.1) is 0 Å². The first-order chi connectivity index (χ1) is 9.74. The molecular weight excluding hydrogens is 252 g/mol. The Morgan fingerprint density at radius 2 is 2.00 bits per heavy atom. The minimum absolute atomic E-state index is 0.235. The number of nitrogens with two attached hydrogens (primary N) is 1. The van der Waals surface area contributed by atoms with Gasteiger partial charge >= 0.3 is 0 Å². The van der Waals surface area contributed by atoms with Gasteiger partial charge < -0.3 is 10.5 Å². The fourth-order valence-electron chi connectivity index (χ4n) is 1.86. The van der Waals surface area contributed by atoms with Crippen LogP contribution in [0.1, 0.15) is 41.1 Å². The summed E-state index contributed by atoms with van der Waals surface area (Å²) in [6.07, 6.45) is 1.45. The Hall–Kier alpha value is -2.20. The second-order valence-electron chi connectivity index (χ2n) is 4.53. The van der Waals surface area contributed by atoms with E-state index >= 15 is 0 Å². The van der Waals surface area contributed by atoms with E-state index in [0.717, 1.165) is 12.0 Å². The largest absolute Gasteiger partial charge is 0.487 e. The van der Waals surface area contributed by atoms with E-state index in [2.05, 4.69) is 4.98 Å². The molecule has 0 aliphatic heterocycles. The van der Waals surface area contributed by atoms with Crippen molar-refractivity contribution in [1.82, 2.24) is 4.98 Å². The van der Waals surface area contributed by atoms with Crippen LogP contribution >= 0.6 is 0 Å². The van der Waals surface area contributed by atoms with E-state index in [1.54, 1.807) is 12.1 Å². The van der Waals surface area contributed by atoms with Crippen LogP contribution in [0.2, 0.25) is 0 Å². The smallest absolute Gasteiger partial charge is 0.168 e. The van der Waals surface area contributed by atoms with Crippen molar-refractivity contribution in [2.75, 3.05) is 0 Å². The lowest BCUT2D eigenvalue weighted by molar-refractivity contribution is 0.111. The van der Waals surface area contributed by atoms with Crippen molar-refractivity contribution in [3.8, 4) is 5.75 Å². The highest BCUT2D eigenvalue weighted by Crippen LogP contribution is 2.24. The van der Waals surface area contributed by atoms with E-state index in [9.17, 15) is 4.79 Å². The Morgan fingerprint density at radius 3 is 2.65 bits per heavy atom. The van der Waals surface area contributed by atoms with Gasteiger partial charge in [-0.1, -0.05) is 37.3 Å². The molecule has 0 bridgehead atoms. The first-order valence-electron chi connectivity index (χ1n) is 6.63. The van der Waals surface area contributed by atoms with Crippen LogP contribution in [0.5, 0.6) is 5.75 Å². The van der Waals surface area contributed by atoms with Crippen molar-refractivity contribution in [2.24, 2.45) is 5.73 Å². The maximum absolute atomic E-state index is 10.8. The molecule has 1 heterocycles. The Labute approximate surface area is 118 Å². The number of carbonyl (C=O) groups is 1. The highest BCUT2D eigenvalue weighted by atomic mass is 16.5.